The first-order valence-corrected chi connectivity index (χ1v) is 20.1. The molecule has 2 aliphatic carbocycles. The number of imidazole rings is 2. The van der Waals surface area contributed by atoms with Crippen molar-refractivity contribution in [2.45, 2.75) is 77.2 Å². The van der Waals surface area contributed by atoms with E-state index in [4.69, 9.17) is 4.74 Å². The molecule has 5 aromatic rings. The molecule has 3 amide bonds. The van der Waals surface area contributed by atoms with Crippen molar-refractivity contribution >= 4 is 17.9 Å². The number of alkyl halides is 3. The van der Waals surface area contributed by atoms with Gasteiger partial charge in [-0.3, -0.25) is 14.6 Å². The Morgan fingerprint density at radius 2 is 1.56 bits per heavy atom. The zero-order valence-electron chi connectivity index (χ0n) is 33.3. The highest BCUT2D eigenvalue weighted by Gasteiger charge is 2.43. The van der Waals surface area contributed by atoms with E-state index in [1.54, 1.807) is 6.33 Å². The normalized spacial score (nSPS) is 20.2. The molecule has 59 heavy (non-hydrogen) atoms. The fraction of sp³-hybridized carbons (Fsp3) is 0.409. The number of carbonyl (C=O) groups excluding carboxylic acids is 3. The number of pyridine rings is 1. The Hall–Kier alpha value is -5.99. The molecular formula is C44H49F3N8O4. The number of alkyl carbamates (subject to hydrolysis) is 1. The maximum atomic E-state index is 13.4. The first kappa shape index (κ1) is 41.2. The van der Waals surface area contributed by atoms with Gasteiger partial charge in [-0.2, -0.15) is 13.2 Å². The Kier molecular flexibility index (Phi) is 12.5. The minimum atomic E-state index is -4.43. The fourth-order valence-electron chi connectivity index (χ4n) is 8.53. The number of amides is 3. The van der Waals surface area contributed by atoms with Gasteiger partial charge in [-0.05, 0) is 83.7 Å². The number of hydrogen-bond donors (Lipinski definition) is 4. The number of aromatic amines is 2. The van der Waals surface area contributed by atoms with E-state index < -0.39 is 24.0 Å². The maximum Gasteiger partial charge on any atom is 0.433 e. The minimum Gasteiger partial charge on any atom is -0.453 e. The van der Waals surface area contributed by atoms with Gasteiger partial charge >= 0.3 is 12.3 Å². The number of benzene rings is 2. The molecule has 4 heterocycles. The largest absolute Gasteiger partial charge is 0.453 e. The van der Waals surface area contributed by atoms with E-state index in [1.807, 2.05) is 31.1 Å². The van der Waals surface area contributed by atoms with Crippen molar-refractivity contribution in [1.82, 2.24) is 40.5 Å². The average molecular weight is 811 g/mol. The fourth-order valence-corrected chi connectivity index (χ4v) is 8.53. The summed E-state index contributed by atoms with van der Waals surface area (Å²) in [6.07, 6.45) is 7.61. The number of aromatic nitrogens is 5. The predicted octanol–water partition coefficient (Wildman–Crippen LogP) is 8.33. The first-order chi connectivity index (χ1) is 28.4. The lowest BCUT2D eigenvalue weighted by molar-refractivity contribution is -0.141. The molecule has 3 aliphatic rings. The molecule has 3 fully saturated rings. The number of hydrogen-bond acceptors (Lipinski definition) is 7. The van der Waals surface area contributed by atoms with Crippen LogP contribution in [0.4, 0.5) is 18.0 Å². The summed E-state index contributed by atoms with van der Waals surface area (Å²) in [5, 5.41) is 5.51. The molecule has 2 saturated carbocycles. The topological polar surface area (TPSA) is 158 Å². The number of rotatable bonds is 10. The molecule has 5 atom stereocenters. The van der Waals surface area contributed by atoms with Gasteiger partial charge in [0, 0.05) is 25.2 Å². The van der Waals surface area contributed by atoms with Crippen molar-refractivity contribution in [3.05, 3.63) is 103 Å². The highest BCUT2D eigenvalue weighted by Crippen LogP contribution is 2.48. The lowest BCUT2D eigenvalue weighted by Crippen LogP contribution is -2.51. The number of carbonyl (C=O) groups is 3. The van der Waals surface area contributed by atoms with E-state index >= 15 is 0 Å². The van der Waals surface area contributed by atoms with Crippen molar-refractivity contribution < 1.29 is 32.3 Å². The number of methoxy groups -OCH3 is 1. The highest BCUT2D eigenvalue weighted by atomic mass is 19.4. The Balaban J connectivity index is 0.000000212. The molecule has 3 aromatic heterocycles. The lowest BCUT2D eigenvalue weighted by atomic mass is 9.88. The quantitative estimate of drug-likeness (QED) is 0.110. The van der Waals surface area contributed by atoms with Crippen LogP contribution in [0.3, 0.4) is 0 Å². The molecule has 0 radical (unpaired) electrons. The summed E-state index contributed by atoms with van der Waals surface area (Å²) in [4.78, 5) is 57.8. The van der Waals surface area contributed by atoms with E-state index in [0.717, 1.165) is 77.6 Å². The van der Waals surface area contributed by atoms with E-state index in [0.29, 0.717) is 23.9 Å². The number of ether oxygens (including phenoxy) is 1. The summed E-state index contributed by atoms with van der Waals surface area (Å²) in [5.74, 6) is 1.88. The van der Waals surface area contributed by atoms with Gasteiger partial charge in [0.2, 0.25) is 11.8 Å². The molecule has 4 N–H and O–H groups in total. The van der Waals surface area contributed by atoms with Crippen LogP contribution in [0.15, 0.2) is 85.6 Å². The van der Waals surface area contributed by atoms with Crippen LogP contribution < -0.4 is 10.6 Å². The molecule has 15 heteroatoms. The highest BCUT2D eigenvalue weighted by molar-refractivity contribution is 5.86. The average Bonchev–Trinajstić information content (AvgIpc) is 4.11. The van der Waals surface area contributed by atoms with Crippen LogP contribution in [0.5, 0.6) is 0 Å². The summed E-state index contributed by atoms with van der Waals surface area (Å²) in [7, 11) is 1.30. The number of nitrogens with zero attached hydrogens (tertiary/aromatic N) is 4. The van der Waals surface area contributed by atoms with Crippen molar-refractivity contribution in [3.8, 4) is 33.6 Å². The van der Waals surface area contributed by atoms with Crippen LogP contribution in [0, 0.1) is 23.7 Å². The predicted molar refractivity (Wildman–Crippen MR) is 215 cm³/mol. The van der Waals surface area contributed by atoms with Gasteiger partial charge in [-0.15, -0.1) is 0 Å². The van der Waals surface area contributed by atoms with Gasteiger partial charge in [0.15, 0.2) is 0 Å². The summed E-state index contributed by atoms with van der Waals surface area (Å²) < 4.78 is 41.9. The van der Waals surface area contributed by atoms with Crippen LogP contribution in [-0.4, -0.2) is 67.4 Å². The molecule has 2 bridgehead atoms. The van der Waals surface area contributed by atoms with Crippen LogP contribution in [0.25, 0.3) is 33.6 Å². The second-order valence-electron chi connectivity index (χ2n) is 15.9. The minimum absolute atomic E-state index is 0.0297. The van der Waals surface area contributed by atoms with Crippen molar-refractivity contribution in [1.29, 1.82) is 0 Å². The molecule has 2 aromatic carbocycles. The third-order valence-corrected chi connectivity index (χ3v) is 11.7. The van der Waals surface area contributed by atoms with Crippen molar-refractivity contribution in [3.63, 3.8) is 0 Å². The second-order valence-corrected chi connectivity index (χ2v) is 15.9. The SMILES string of the molecule is COC(=O)NC(C(=O)N1CCCC1c1ncc(-c2ccc(-c3ccc(-c4cnc[nH]4)cc3)cc2)[nH]1)C(C)C.O=C(NCc1ccc(C(F)(F)F)nc1)C1CC2CCC1C2. The Bertz CT molecular complexity index is 2190. The van der Waals surface area contributed by atoms with Gasteiger partial charge in [0.25, 0.3) is 0 Å². The summed E-state index contributed by atoms with van der Waals surface area (Å²) >= 11 is 0. The summed E-state index contributed by atoms with van der Waals surface area (Å²) in [6.45, 7) is 4.68. The zero-order chi connectivity index (χ0) is 41.7. The molecule has 1 saturated heterocycles. The maximum absolute atomic E-state index is 13.4. The standard InChI is InChI=1S/C29H32N6O3.C15H17F3N2O/c1-18(2)26(34-29(37)38-3)28(36)35-14-4-5-25(35)27-31-16-24(33-27)22-12-8-20(9-13-22)19-6-10-21(11-7-19)23-15-30-17-32-23;16-15(17,18)13-4-2-10(7-19-13)8-20-14(21)12-6-9-1-3-11(12)5-9/h6-13,15-18,25-26H,4-5,14H2,1-3H3,(H,30,32)(H,31,33)(H,34,37);2,4,7,9,11-12H,1,3,5-6,8H2,(H,20,21). The Labute approximate surface area is 340 Å². The zero-order valence-corrected chi connectivity index (χ0v) is 33.3. The van der Waals surface area contributed by atoms with Crippen LogP contribution in [-0.2, 0) is 27.0 Å². The van der Waals surface area contributed by atoms with Gasteiger partial charge in [-0.1, -0.05) is 74.9 Å². The van der Waals surface area contributed by atoms with Crippen LogP contribution in [0.2, 0.25) is 0 Å². The molecule has 0 spiro atoms. The monoisotopic (exact) mass is 810 g/mol. The molecule has 12 nitrogen and oxygen atoms in total. The number of H-pyrrole nitrogens is 2. The first-order valence-electron chi connectivity index (χ1n) is 20.1. The van der Waals surface area contributed by atoms with Crippen LogP contribution in [0.1, 0.15) is 75.5 Å². The Morgan fingerprint density at radius 1 is 0.864 bits per heavy atom. The molecule has 1 aliphatic heterocycles. The van der Waals surface area contributed by atoms with Gasteiger partial charge in [0.05, 0.1) is 43.3 Å². The third kappa shape index (κ3) is 9.67. The third-order valence-electron chi connectivity index (χ3n) is 11.7. The second kappa shape index (κ2) is 17.9. The number of fused-ring (bicyclic) bond motifs is 2. The number of halogens is 3. The Morgan fingerprint density at radius 3 is 2.12 bits per heavy atom. The van der Waals surface area contributed by atoms with Crippen molar-refractivity contribution in [2.24, 2.45) is 23.7 Å². The van der Waals surface area contributed by atoms with E-state index in [9.17, 15) is 27.6 Å². The van der Waals surface area contributed by atoms with Crippen LogP contribution >= 0.6 is 0 Å². The van der Waals surface area contributed by atoms with Gasteiger partial charge in [0.1, 0.15) is 17.6 Å². The van der Waals surface area contributed by atoms with Gasteiger partial charge in [-0.25, -0.2) is 14.8 Å². The summed E-state index contributed by atoms with van der Waals surface area (Å²) in [6, 6.07) is 18.2. The van der Waals surface area contributed by atoms with E-state index in [2.05, 4.69) is 84.1 Å². The van der Waals surface area contributed by atoms with E-state index in [-0.39, 0.29) is 36.2 Å². The molecule has 310 valence electrons. The lowest BCUT2D eigenvalue weighted by Gasteiger charge is -2.30. The van der Waals surface area contributed by atoms with E-state index in [1.165, 1.54) is 25.8 Å². The smallest absolute Gasteiger partial charge is 0.433 e. The number of nitrogens with one attached hydrogen (secondary N) is 4. The van der Waals surface area contributed by atoms with Crippen molar-refractivity contribution in [2.75, 3.05) is 13.7 Å². The summed E-state index contributed by atoms with van der Waals surface area (Å²) in [5.41, 5.74) is 5.92. The molecule has 8 rings (SSSR count). The number of likely N-dealkylation sites (tertiary alicyclic amines) is 1. The molecular weight excluding hydrogens is 762 g/mol. The molecule has 5 unspecified atom stereocenters. The van der Waals surface area contributed by atoms with Gasteiger partial charge < -0.3 is 30.2 Å².